The van der Waals surface area contributed by atoms with Gasteiger partial charge in [-0.25, -0.2) is 0 Å². The minimum Gasteiger partial charge on any atom is -0.493 e. The van der Waals surface area contributed by atoms with Gasteiger partial charge >= 0.3 is 0 Å². The molecule has 28 heavy (non-hydrogen) atoms. The number of amides is 2. The number of hydrogen-bond acceptors (Lipinski definition) is 5. The van der Waals surface area contributed by atoms with Crippen LogP contribution in [0.5, 0.6) is 17.2 Å². The zero-order valence-corrected chi connectivity index (χ0v) is 17.1. The van der Waals surface area contributed by atoms with Crippen molar-refractivity contribution in [3.05, 3.63) is 52.0 Å². The summed E-state index contributed by atoms with van der Waals surface area (Å²) in [5, 5.41) is 0.726. The van der Waals surface area contributed by atoms with Crippen LogP contribution in [0.25, 0.3) is 0 Å². The smallest absolute Gasteiger partial charge is 0.279 e. The van der Waals surface area contributed by atoms with Gasteiger partial charge < -0.3 is 14.2 Å². The molecule has 0 aromatic heterocycles. The molecule has 0 fully saturated rings. The maximum absolute atomic E-state index is 12.1. The summed E-state index contributed by atoms with van der Waals surface area (Å²) in [7, 11) is 1.51. The highest BCUT2D eigenvalue weighted by molar-refractivity contribution is 6.35. The molecule has 0 aliphatic rings. The largest absolute Gasteiger partial charge is 0.493 e. The predicted octanol–water partition coefficient (Wildman–Crippen LogP) is 3.30. The number of carbonyl (C=O) groups is 2. The van der Waals surface area contributed by atoms with Crippen molar-refractivity contribution in [1.29, 1.82) is 0 Å². The molecule has 2 rings (SSSR count). The molecule has 2 aromatic rings. The predicted molar refractivity (Wildman–Crippen MR) is 106 cm³/mol. The van der Waals surface area contributed by atoms with Crippen molar-refractivity contribution in [1.82, 2.24) is 10.9 Å². The van der Waals surface area contributed by atoms with Gasteiger partial charge in [0.25, 0.3) is 11.8 Å². The number of rotatable bonds is 7. The van der Waals surface area contributed by atoms with Crippen molar-refractivity contribution in [3.8, 4) is 17.2 Å². The van der Waals surface area contributed by atoms with E-state index in [1.165, 1.54) is 20.1 Å². The molecule has 2 aromatic carbocycles. The molecule has 0 aliphatic heterocycles. The average Bonchev–Trinajstić information content (AvgIpc) is 2.66. The van der Waals surface area contributed by atoms with Crippen LogP contribution in [0.4, 0.5) is 0 Å². The Morgan fingerprint density at radius 3 is 2.43 bits per heavy atom. The first kappa shape index (κ1) is 21.7. The Balaban J connectivity index is 1.81. The first-order valence-electron chi connectivity index (χ1n) is 8.28. The maximum Gasteiger partial charge on any atom is 0.279 e. The van der Waals surface area contributed by atoms with Crippen LogP contribution in [-0.2, 0) is 9.59 Å². The highest BCUT2D eigenvalue weighted by Gasteiger charge is 2.17. The van der Waals surface area contributed by atoms with E-state index in [-0.39, 0.29) is 11.6 Å². The molecule has 2 amide bonds. The Bertz CT molecular complexity index is 860. The lowest BCUT2D eigenvalue weighted by Gasteiger charge is -2.16. The van der Waals surface area contributed by atoms with Crippen LogP contribution in [0.2, 0.25) is 10.0 Å². The Morgan fingerprint density at radius 1 is 1.04 bits per heavy atom. The van der Waals surface area contributed by atoms with E-state index in [1.54, 1.807) is 24.3 Å². The van der Waals surface area contributed by atoms with E-state index in [2.05, 4.69) is 10.9 Å². The molecule has 0 aliphatic carbocycles. The van der Waals surface area contributed by atoms with Gasteiger partial charge in [0.2, 0.25) is 0 Å². The van der Waals surface area contributed by atoms with E-state index >= 15 is 0 Å². The number of nitrogens with one attached hydrogen (secondary N) is 2. The lowest BCUT2D eigenvalue weighted by atomic mass is 10.2. The van der Waals surface area contributed by atoms with Crippen molar-refractivity contribution in [3.63, 3.8) is 0 Å². The molecule has 0 radical (unpaired) electrons. The quantitative estimate of drug-likeness (QED) is 0.663. The Morgan fingerprint density at radius 2 is 1.75 bits per heavy atom. The minimum atomic E-state index is -0.905. The second-order valence-corrected chi connectivity index (χ2v) is 6.66. The van der Waals surface area contributed by atoms with Crippen molar-refractivity contribution in [2.45, 2.75) is 20.0 Å². The van der Waals surface area contributed by atoms with E-state index < -0.39 is 17.9 Å². The van der Waals surface area contributed by atoms with Gasteiger partial charge in [0.1, 0.15) is 5.75 Å². The average molecular weight is 427 g/mol. The molecule has 0 spiro atoms. The molecule has 1 unspecified atom stereocenters. The van der Waals surface area contributed by atoms with Crippen molar-refractivity contribution in [2.75, 3.05) is 13.7 Å². The Labute approximate surface area is 172 Å². The van der Waals surface area contributed by atoms with Gasteiger partial charge in [-0.15, -0.1) is 0 Å². The molecule has 0 saturated carbocycles. The monoisotopic (exact) mass is 426 g/mol. The maximum atomic E-state index is 12.1. The third-order valence-electron chi connectivity index (χ3n) is 3.57. The van der Waals surface area contributed by atoms with E-state index in [0.29, 0.717) is 22.3 Å². The topological polar surface area (TPSA) is 85.9 Å². The normalized spacial score (nSPS) is 11.3. The number of hydrogen-bond donors (Lipinski definition) is 2. The van der Waals surface area contributed by atoms with Crippen molar-refractivity contribution < 1.29 is 23.8 Å². The van der Waals surface area contributed by atoms with Gasteiger partial charge in [-0.3, -0.25) is 20.4 Å². The summed E-state index contributed by atoms with van der Waals surface area (Å²) in [5.41, 5.74) is 5.51. The number of aryl methyl sites for hydroxylation is 1. The van der Waals surface area contributed by atoms with Crippen molar-refractivity contribution >= 4 is 35.0 Å². The molecule has 1 atom stereocenters. The summed E-state index contributed by atoms with van der Waals surface area (Å²) in [5.74, 6) is 0.122. The van der Waals surface area contributed by atoms with Crippen molar-refractivity contribution in [2.24, 2.45) is 0 Å². The lowest BCUT2D eigenvalue weighted by Crippen LogP contribution is -2.48. The summed E-state index contributed by atoms with van der Waals surface area (Å²) < 4.78 is 16.1. The first-order valence-corrected chi connectivity index (χ1v) is 9.03. The molecule has 0 bridgehead atoms. The number of ether oxygens (including phenoxy) is 3. The summed E-state index contributed by atoms with van der Waals surface area (Å²) in [4.78, 5) is 24.0. The van der Waals surface area contributed by atoms with E-state index in [4.69, 9.17) is 37.4 Å². The number of halogens is 2. The summed E-state index contributed by atoms with van der Waals surface area (Å²) in [6.07, 6.45) is -0.905. The third-order valence-corrected chi connectivity index (χ3v) is 4.10. The van der Waals surface area contributed by atoms with Gasteiger partial charge in [0, 0.05) is 5.02 Å². The Hall–Kier alpha value is -2.64. The fraction of sp³-hybridized carbons (Fsp3) is 0.263. The van der Waals surface area contributed by atoms with Gasteiger partial charge in [-0.05, 0) is 49.7 Å². The van der Waals surface area contributed by atoms with Crippen LogP contribution < -0.4 is 25.1 Å². The van der Waals surface area contributed by atoms with Gasteiger partial charge in [-0.1, -0.05) is 29.3 Å². The zero-order chi connectivity index (χ0) is 20.7. The van der Waals surface area contributed by atoms with E-state index in [9.17, 15) is 9.59 Å². The number of methoxy groups -OCH3 is 1. The van der Waals surface area contributed by atoms with Gasteiger partial charge in [0.05, 0.1) is 12.1 Å². The van der Waals surface area contributed by atoms with E-state index in [0.717, 1.165) is 5.56 Å². The summed E-state index contributed by atoms with van der Waals surface area (Å²) in [6, 6.07) is 9.96. The molecule has 7 nitrogen and oxygen atoms in total. The minimum absolute atomic E-state index is 0.275. The summed E-state index contributed by atoms with van der Waals surface area (Å²) >= 11 is 11.8. The molecular weight excluding hydrogens is 407 g/mol. The fourth-order valence-corrected chi connectivity index (χ4v) is 2.57. The van der Waals surface area contributed by atoms with Crippen LogP contribution in [0.3, 0.4) is 0 Å². The third kappa shape index (κ3) is 6.21. The molecule has 2 N–H and O–H groups in total. The molecule has 0 heterocycles. The standard InChI is InChI=1S/C19H20Cl2N2O5/c1-11-4-6-16(17(8-11)26-3)27-10-18(24)22-23-19(25)12(2)28-15-7-5-13(20)9-14(15)21/h4-9,12H,10H2,1-3H3,(H,22,24)(H,23,25). The first-order chi connectivity index (χ1) is 13.3. The molecule has 150 valence electrons. The van der Waals surface area contributed by atoms with Crippen LogP contribution in [0.1, 0.15) is 12.5 Å². The van der Waals surface area contributed by atoms with Crippen LogP contribution >= 0.6 is 23.2 Å². The summed E-state index contributed by atoms with van der Waals surface area (Å²) in [6.45, 7) is 3.12. The molecule has 0 saturated heterocycles. The number of carbonyl (C=O) groups excluding carboxylic acids is 2. The van der Waals surface area contributed by atoms with Gasteiger partial charge in [0.15, 0.2) is 24.2 Å². The molecular formula is C19H20Cl2N2O5. The van der Waals surface area contributed by atoms with Crippen LogP contribution in [-0.4, -0.2) is 31.6 Å². The number of benzene rings is 2. The van der Waals surface area contributed by atoms with Crippen LogP contribution in [0, 0.1) is 6.92 Å². The van der Waals surface area contributed by atoms with E-state index in [1.807, 2.05) is 13.0 Å². The van der Waals surface area contributed by atoms with Gasteiger partial charge in [-0.2, -0.15) is 0 Å². The Kier molecular flexibility index (Phi) is 7.78. The van der Waals surface area contributed by atoms with Crippen LogP contribution in [0.15, 0.2) is 36.4 Å². The number of hydrazine groups is 1. The highest BCUT2D eigenvalue weighted by atomic mass is 35.5. The second-order valence-electron chi connectivity index (χ2n) is 5.82. The zero-order valence-electron chi connectivity index (χ0n) is 15.5. The lowest BCUT2D eigenvalue weighted by molar-refractivity contribution is -0.133. The SMILES string of the molecule is COc1cc(C)ccc1OCC(=O)NNC(=O)C(C)Oc1ccc(Cl)cc1Cl. The second kappa shape index (κ2) is 10.1. The highest BCUT2D eigenvalue weighted by Crippen LogP contribution is 2.28. The molecule has 9 heteroatoms. The fourth-order valence-electron chi connectivity index (χ4n) is 2.12.